The molecule has 1 heterocycles. The van der Waals surface area contributed by atoms with Crippen molar-refractivity contribution in [2.45, 2.75) is 64.9 Å². The van der Waals surface area contributed by atoms with E-state index in [2.05, 4.69) is 0 Å². The molecule has 0 bridgehead atoms. The third-order valence-corrected chi connectivity index (χ3v) is 6.18. The van der Waals surface area contributed by atoms with Crippen molar-refractivity contribution in [1.29, 1.82) is 0 Å². The summed E-state index contributed by atoms with van der Waals surface area (Å²) in [4.78, 5) is 44.1. The van der Waals surface area contributed by atoms with Crippen LogP contribution < -0.4 is 0 Å². The first-order valence-corrected chi connectivity index (χ1v) is 11.0. The minimum atomic E-state index is -0.852. The van der Waals surface area contributed by atoms with Gasteiger partial charge in [0.1, 0.15) is 5.60 Å². The second-order valence-corrected chi connectivity index (χ2v) is 10.5. The van der Waals surface area contributed by atoms with Crippen LogP contribution in [-0.2, 0) is 14.3 Å². The van der Waals surface area contributed by atoms with Crippen LogP contribution in [0.15, 0.2) is 0 Å². The smallest absolute Gasteiger partial charge is 0.410 e. The summed E-state index contributed by atoms with van der Waals surface area (Å²) in [5, 5.41) is 0. The Balaban J connectivity index is 1.71. The van der Waals surface area contributed by atoms with E-state index < -0.39 is 17.1 Å². The van der Waals surface area contributed by atoms with E-state index in [1.807, 2.05) is 34.9 Å². The lowest BCUT2D eigenvalue weighted by molar-refractivity contribution is -0.146. The van der Waals surface area contributed by atoms with Gasteiger partial charge in [-0.2, -0.15) is 0 Å². The minimum absolute atomic E-state index is 0.00360. The molecule has 7 heteroatoms. The summed E-state index contributed by atoms with van der Waals surface area (Å²) >= 11 is 0. The molecule has 0 N–H and O–H groups in total. The lowest BCUT2D eigenvalue weighted by Gasteiger charge is -2.33. The zero-order chi connectivity index (χ0) is 21.4. The van der Waals surface area contributed by atoms with Crippen molar-refractivity contribution in [2.75, 3.05) is 40.3 Å². The molecule has 0 aromatic heterocycles. The molecule has 0 unspecified atom stereocenters. The van der Waals surface area contributed by atoms with Crippen LogP contribution in [-0.4, -0.2) is 78.5 Å². The van der Waals surface area contributed by atoms with Crippen LogP contribution in [0.3, 0.4) is 0 Å². The zero-order valence-electron chi connectivity index (χ0n) is 18.7. The normalized spacial score (nSPS) is 24.4. The summed E-state index contributed by atoms with van der Waals surface area (Å²) < 4.78 is 5.51. The number of carbonyl (C=O) groups excluding carboxylic acids is 3. The highest BCUT2D eigenvalue weighted by atomic mass is 16.6. The molecule has 2 aliphatic carbocycles. The largest absolute Gasteiger partial charge is 0.444 e. The Morgan fingerprint density at radius 3 is 2.07 bits per heavy atom. The molecule has 3 aliphatic rings. The molecular weight excluding hydrogens is 370 g/mol. The molecule has 1 saturated heterocycles. The Morgan fingerprint density at radius 2 is 1.55 bits per heavy atom. The quantitative estimate of drug-likeness (QED) is 0.651. The third-order valence-electron chi connectivity index (χ3n) is 6.18. The van der Waals surface area contributed by atoms with E-state index >= 15 is 0 Å². The number of carbonyl (C=O) groups is 3. The van der Waals surface area contributed by atoms with E-state index in [0.717, 1.165) is 25.9 Å². The number of ether oxygens (including phenoxy) is 1. The average molecular weight is 408 g/mol. The molecular formula is C22H37N3O4. The van der Waals surface area contributed by atoms with E-state index in [-0.39, 0.29) is 24.8 Å². The van der Waals surface area contributed by atoms with Crippen LogP contribution >= 0.6 is 0 Å². The van der Waals surface area contributed by atoms with Gasteiger partial charge in [-0.15, -0.1) is 0 Å². The number of rotatable bonds is 7. The maximum atomic E-state index is 13.5. The van der Waals surface area contributed by atoms with Crippen LogP contribution in [0.25, 0.3) is 0 Å². The molecule has 0 radical (unpaired) electrons. The van der Waals surface area contributed by atoms with Crippen molar-refractivity contribution in [2.24, 2.45) is 17.3 Å². The molecule has 29 heavy (non-hydrogen) atoms. The fourth-order valence-corrected chi connectivity index (χ4v) is 4.14. The summed E-state index contributed by atoms with van der Waals surface area (Å²) in [6.07, 6.45) is 4.94. The molecule has 0 spiro atoms. The van der Waals surface area contributed by atoms with E-state index in [1.165, 1.54) is 12.8 Å². The molecule has 1 aliphatic heterocycles. The van der Waals surface area contributed by atoms with E-state index in [1.54, 1.807) is 14.7 Å². The Bertz CT molecular complexity index is 651. The van der Waals surface area contributed by atoms with Gasteiger partial charge < -0.3 is 19.4 Å². The summed E-state index contributed by atoms with van der Waals surface area (Å²) in [7, 11) is 3.66. The van der Waals surface area contributed by atoms with Crippen molar-refractivity contribution >= 4 is 17.9 Å². The van der Waals surface area contributed by atoms with Gasteiger partial charge in [-0.25, -0.2) is 4.79 Å². The second-order valence-electron chi connectivity index (χ2n) is 10.5. The SMILES string of the molecule is CN(CC1CC1)C(=O)C[C@]1(C(=O)N(C)CC2CC2)CCN(C(=O)OC(C)(C)C)C1. The number of likely N-dealkylation sites (tertiary alicyclic amines) is 1. The number of nitrogens with zero attached hydrogens (tertiary/aromatic N) is 3. The molecule has 0 aromatic carbocycles. The van der Waals surface area contributed by atoms with Gasteiger partial charge in [-0.1, -0.05) is 0 Å². The minimum Gasteiger partial charge on any atom is -0.444 e. The van der Waals surface area contributed by atoms with Gasteiger partial charge in [0.15, 0.2) is 0 Å². The van der Waals surface area contributed by atoms with Crippen molar-refractivity contribution in [3.63, 3.8) is 0 Å². The number of hydrogen-bond donors (Lipinski definition) is 0. The highest BCUT2D eigenvalue weighted by Gasteiger charge is 2.50. The topological polar surface area (TPSA) is 70.2 Å². The molecule has 3 rings (SSSR count). The van der Waals surface area contributed by atoms with Crippen LogP contribution in [0, 0.1) is 17.3 Å². The van der Waals surface area contributed by atoms with Gasteiger partial charge in [0.25, 0.3) is 0 Å². The molecule has 3 fully saturated rings. The highest BCUT2D eigenvalue weighted by molar-refractivity contribution is 5.90. The Kier molecular flexibility index (Phi) is 6.16. The predicted molar refractivity (Wildman–Crippen MR) is 110 cm³/mol. The maximum absolute atomic E-state index is 13.5. The van der Waals surface area contributed by atoms with E-state index in [4.69, 9.17) is 4.74 Å². The Morgan fingerprint density at radius 1 is 1.00 bits per heavy atom. The maximum Gasteiger partial charge on any atom is 0.410 e. The monoisotopic (exact) mass is 407 g/mol. The molecule has 3 amide bonds. The fraction of sp³-hybridized carbons (Fsp3) is 0.864. The lowest BCUT2D eigenvalue weighted by Crippen LogP contribution is -2.48. The Labute approximate surface area is 174 Å². The Hall–Kier alpha value is -1.79. The van der Waals surface area contributed by atoms with Gasteiger partial charge in [0.05, 0.1) is 5.41 Å². The molecule has 0 aromatic rings. The first kappa shape index (κ1) is 21.9. The van der Waals surface area contributed by atoms with Gasteiger partial charge in [0.2, 0.25) is 11.8 Å². The van der Waals surface area contributed by atoms with Gasteiger partial charge in [0, 0.05) is 46.7 Å². The fourth-order valence-electron chi connectivity index (χ4n) is 4.14. The second kappa shape index (κ2) is 8.15. The van der Waals surface area contributed by atoms with Gasteiger partial charge in [-0.05, 0) is 64.7 Å². The van der Waals surface area contributed by atoms with E-state index in [0.29, 0.717) is 24.8 Å². The van der Waals surface area contributed by atoms with Gasteiger partial charge in [-0.3, -0.25) is 9.59 Å². The zero-order valence-corrected chi connectivity index (χ0v) is 18.7. The van der Waals surface area contributed by atoms with E-state index in [9.17, 15) is 14.4 Å². The van der Waals surface area contributed by atoms with Crippen LogP contribution in [0.2, 0.25) is 0 Å². The highest BCUT2D eigenvalue weighted by Crippen LogP contribution is 2.39. The van der Waals surface area contributed by atoms with Crippen LogP contribution in [0.5, 0.6) is 0 Å². The molecule has 2 saturated carbocycles. The first-order chi connectivity index (χ1) is 13.5. The summed E-state index contributed by atoms with van der Waals surface area (Å²) in [6.45, 7) is 7.68. The summed E-state index contributed by atoms with van der Waals surface area (Å²) in [5.41, 5.74) is -1.44. The summed E-state index contributed by atoms with van der Waals surface area (Å²) in [5.74, 6) is 1.17. The molecule has 1 atom stereocenters. The number of amides is 3. The standard InChI is InChI=1S/C22H37N3O4/c1-21(2,3)29-20(28)25-11-10-22(15-25,19(27)24(5)14-17-8-9-17)12-18(26)23(4)13-16-6-7-16/h16-17H,6-15H2,1-5H3/t22-/m1/s1. The van der Waals surface area contributed by atoms with Gasteiger partial charge >= 0.3 is 6.09 Å². The first-order valence-electron chi connectivity index (χ1n) is 11.0. The van der Waals surface area contributed by atoms with Crippen molar-refractivity contribution in [3.8, 4) is 0 Å². The average Bonchev–Trinajstić information content (AvgIpc) is 3.54. The van der Waals surface area contributed by atoms with Crippen LogP contribution in [0.1, 0.15) is 59.3 Å². The molecule has 164 valence electrons. The van der Waals surface area contributed by atoms with Crippen molar-refractivity contribution < 1.29 is 19.1 Å². The lowest BCUT2D eigenvalue weighted by atomic mass is 9.81. The van der Waals surface area contributed by atoms with Crippen molar-refractivity contribution in [1.82, 2.24) is 14.7 Å². The third kappa shape index (κ3) is 5.86. The molecule has 7 nitrogen and oxygen atoms in total. The number of hydrogen-bond acceptors (Lipinski definition) is 4. The predicted octanol–water partition coefficient (Wildman–Crippen LogP) is 2.74. The van der Waals surface area contributed by atoms with Crippen molar-refractivity contribution in [3.05, 3.63) is 0 Å². The van der Waals surface area contributed by atoms with Crippen LogP contribution in [0.4, 0.5) is 4.79 Å². The summed E-state index contributed by atoms with van der Waals surface area (Å²) in [6, 6.07) is 0.